The second kappa shape index (κ2) is 6.95. The first-order chi connectivity index (χ1) is 11.6. The molecule has 3 rings (SSSR count). The van der Waals surface area contributed by atoms with Crippen LogP contribution in [0.2, 0.25) is 10.0 Å². The highest BCUT2D eigenvalue weighted by atomic mass is 35.5. The van der Waals surface area contributed by atoms with Crippen molar-refractivity contribution < 1.29 is 13.9 Å². The van der Waals surface area contributed by atoms with Crippen LogP contribution >= 0.6 is 23.2 Å². The molecule has 1 N–H and O–H groups in total. The zero-order valence-corrected chi connectivity index (χ0v) is 14.1. The fraction of sp³-hybridized carbons (Fsp3) is 0.0588. The van der Waals surface area contributed by atoms with Crippen LogP contribution < -0.4 is 10.1 Å². The van der Waals surface area contributed by atoms with E-state index in [2.05, 4.69) is 10.3 Å². The van der Waals surface area contributed by atoms with Gasteiger partial charge in [0.15, 0.2) is 17.8 Å². The number of ether oxygens (including phenoxy) is 1. The number of amides is 1. The van der Waals surface area contributed by atoms with Gasteiger partial charge in [-0.25, -0.2) is 4.98 Å². The van der Waals surface area contributed by atoms with Gasteiger partial charge in [-0.2, -0.15) is 0 Å². The van der Waals surface area contributed by atoms with Crippen LogP contribution in [0.3, 0.4) is 0 Å². The molecule has 0 bridgehead atoms. The molecule has 2 aromatic carbocycles. The van der Waals surface area contributed by atoms with Crippen LogP contribution in [0, 0.1) is 0 Å². The number of nitrogens with one attached hydrogen (secondary N) is 1. The molecule has 5 nitrogen and oxygen atoms in total. The molecule has 24 heavy (non-hydrogen) atoms. The number of halogens is 2. The fourth-order valence-corrected chi connectivity index (χ4v) is 2.61. The van der Waals surface area contributed by atoms with Gasteiger partial charge in [-0.1, -0.05) is 35.3 Å². The molecule has 0 saturated carbocycles. The minimum Gasteiger partial charge on any atom is -0.497 e. The van der Waals surface area contributed by atoms with Crippen molar-refractivity contribution in [3.05, 3.63) is 64.6 Å². The fourth-order valence-electron chi connectivity index (χ4n) is 2.15. The van der Waals surface area contributed by atoms with E-state index in [1.807, 2.05) is 0 Å². The van der Waals surface area contributed by atoms with Crippen molar-refractivity contribution in [2.75, 3.05) is 12.4 Å². The summed E-state index contributed by atoms with van der Waals surface area (Å²) >= 11 is 11.9. The quantitative estimate of drug-likeness (QED) is 0.715. The Balaban J connectivity index is 1.90. The molecule has 0 saturated heterocycles. The van der Waals surface area contributed by atoms with E-state index in [9.17, 15) is 4.79 Å². The number of nitrogens with zero attached hydrogens (tertiary/aromatic N) is 1. The Hall–Kier alpha value is -2.50. The molecule has 1 aromatic heterocycles. The third-order valence-electron chi connectivity index (χ3n) is 3.29. The number of hydrogen-bond donors (Lipinski definition) is 1. The summed E-state index contributed by atoms with van der Waals surface area (Å²) in [5, 5.41) is 3.51. The van der Waals surface area contributed by atoms with Crippen molar-refractivity contribution >= 4 is 34.8 Å². The maximum absolute atomic E-state index is 12.5. The third kappa shape index (κ3) is 3.37. The third-order valence-corrected chi connectivity index (χ3v) is 3.84. The van der Waals surface area contributed by atoms with E-state index in [0.29, 0.717) is 32.8 Å². The van der Waals surface area contributed by atoms with E-state index in [0.717, 1.165) is 0 Å². The van der Waals surface area contributed by atoms with E-state index in [4.69, 9.17) is 32.4 Å². The van der Waals surface area contributed by atoms with Gasteiger partial charge in [0.1, 0.15) is 5.75 Å². The lowest BCUT2D eigenvalue weighted by molar-refractivity contribution is 0.102. The number of benzene rings is 2. The molecule has 0 radical (unpaired) electrons. The lowest BCUT2D eigenvalue weighted by atomic mass is 10.1. The average Bonchev–Trinajstić information content (AvgIpc) is 3.07. The van der Waals surface area contributed by atoms with Crippen LogP contribution in [-0.2, 0) is 0 Å². The summed E-state index contributed by atoms with van der Waals surface area (Å²) in [5.74, 6) is 0.554. The molecule has 1 heterocycles. The van der Waals surface area contributed by atoms with Crippen molar-refractivity contribution in [2.45, 2.75) is 0 Å². The zero-order chi connectivity index (χ0) is 17.1. The molecule has 0 fully saturated rings. The van der Waals surface area contributed by atoms with Gasteiger partial charge in [0.05, 0.1) is 17.8 Å². The van der Waals surface area contributed by atoms with Crippen LogP contribution in [-0.4, -0.2) is 18.0 Å². The van der Waals surface area contributed by atoms with Crippen molar-refractivity contribution in [1.82, 2.24) is 4.98 Å². The van der Waals surface area contributed by atoms with Crippen LogP contribution in [0.5, 0.6) is 5.75 Å². The topological polar surface area (TPSA) is 64.4 Å². The molecular formula is C17H12Cl2N2O3. The Morgan fingerprint density at radius 2 is 2.04 bits per heavy atom. The lowest BCUT2D eigenvalue weighted by Crippen LogP contribution is -2.13. The SMILES string of the molecule is COc1cccc(-c2ocnc2C(=O)Nc2ccc(Cl)cc2Cl)c1. The molecule has 3 aromatic rings. The number of methoxy groups -OCH3 is 1. The Bertz CT molecular complexity index is 893. The van der Waals surface area contributed by atoms with Crippen molar-refractivity contribution in [2.24, 2.45) is 0 Å². The minimum absolute atomic E-state index is 0.147. The summed E-state index contributed by atoms with van der Waals surface area (Å²) in [7, 11) is 1.57. The van der Waals surface area contributed by atoms with Gasteiger partial charge in [-0.3, -0.25) is 4.79 Å². The molecular weight excluding hydrogens is 351 g/mol. The number of aromatic nitrogens is 1. The molecule has 122 valence electrons. The number of anilines is 1. The maximum Gasteiger partial charge on any atom is 0.278 e. The highest BCUT2D eigenvalue weighted by Gasteiger charge is 2.19. The Labute approximate surface area is 148 Å². The average molecular weight is 363 g/mol. The summed E-state index contributed by atoms with van der Waals surface area (Å²) in [6.07, 6.45) is 1.22. The Morgan fingerprint density at radius 1 is 1.21 bits per heavy atom. The van der Waals surface area contributed by atoms with E-state index in [1.54, 1.807) is 49.6 Å². The van der Waals surface area contributed by atoms with Crippen molar-refractivity contribution in [1.29, 1.82) is 0 Å². The van der Waals surface area contributed by atoms with E-state index in [1.165, 1.54) is 6.39 Å². The molecule has 0 aliphatic carbocycles. The number of carbonyl (C=O) groups excluding carboxylic acids is 1. The summed E-state index contributed by atoms with van der Waals surface area (Å²) in [4.78, 5) is 16.5. The summed E-state index contributed by atoms with van der Waals surface area (Å²) in [6.45, 7) is 0. The second-order valence-corrected chi connectivity index (χ2v) is 5.68. The first-order valence-electron chi connectivity index (χ1n) is 6.93. The minimum atomic E-state index is -0.439. The highest BCUT2D eigenvalue weighted by Crippen LogP contribution is 2.29. The van der Waals surface area contributed by atoms with Crippen LogP contribution in [0.15, 0.2) is 53.3 Å². The smallest absolute Gasteiger partial charge is 0.278 e. The van der Waals surface area contributed by atoms with E-state index < -0.39 is 5.91 Å². The number of hydrogen-bond acceptors (Lipinski definition) is 4. The van der Waals surface area contributed by atoms with Crippen molar-refractivity contribution in [3.63, 3.8) is 0 Å². The second-order valence-electron chi connectivity index (χ2n) is 4.84. The van der Waals surface area contributed by atoms with E-state index in [-0.39, 0.29) is 5.69 Å². The zero-order valence-electron chi connectivity index (χ0n) is 12.5. The number of oxazole rings is 1. The predicted molar refractivity (Wildman–Crippen MR) is 92.9 cm³/mol. The Morgan fingerprint density at radius 3 is 2.79 bits per heavy atom. The van der Waals surface area contributed by atoms with Crippen LogP contribution in [0.4, 0.5) is 5.69 Å². The summed E-state index contributed by atoms with van der Waals surface area (Å²) < 4.78 is 10.6. The summed E-state index contributed by atoms with van der Waals surface area (Å²) in [5.41, 5.74) is 1.26. The van der Waals surface area contributed by atoms with Gasteiger partial charge in [0.25, 0.3) is 5.91 Å². The molecule has 0 aliphatic rings. The first-order valence-corrected chi connectivity index (χ1v) is 7.68. The molecule has 0 atom stereocenters. The normalized spacial score (nSPS) is 10.5. The molecule has 0 unspecified atom stereocenters. The number of rotatable bonds is 4. The highest BCUT2D eigenvalue weighted by molar-refractivity contribution is 6.36. The van der Waals surface area contributed by atoms with Gasteiger partial charge < -0.3 is 14.5 Å². The van der Waals surface area contributed by atoms with Crippen LogP contribution in [0.1, 0.15) is 10.5 Å². The first kappa shape index (κ1) is 16.4. The van der Waals surface area contributed by atoms with Gasteiger partial charge in [0.2, 0.25) is 0 Å². The molecule has 0 aliphatic heterocycles. The van der Waals surface area contributed by atoms with Crippen molar-refractivity contribution in [3.8, 4) is 17.1 Å². The van der Waals surface area contributed by atoms with Gasteiger partial charge in [0, 0.05) is 10.6 Å². The Kier molecular flexibility index (Phi) is 4.74. The standard InChI is InChI=1S/C17H12Cl2N2O3/c1-23-12-4-2-3-10(7-12)16-15(20-9-24-16)17(22)21-14-6-5-11(18)8-13(14)19/h2-9H,1H3,(H,21,22). The van der Waals surface area contributed by atoms with Gasteiger partial charge in [-0.05, 0) is 30.3 Å². The lowest BCUT2D eigenvalue weighted by Gasteiger charge is -2.07. The summed E-state index contributed by atoms with van der Waals surface area (Å²) in [6, 6.07) is 12.0. The molecule has 7 heteroatoms. The van der Waals surface area contributed by atoms with E-state index >= 15 is 0 Å². The van der Waals surface area contributed by atoms with Gasteiger partial charge >= 0.3 is 0 Å². The number of carbonyl (C=O) groups is 1. The largest absolute Gasteiger partial charge is 0.497 e. The molecule has 1 amide bonds. The molecule has 0 spiro atoms. The van der Waals surface area contributed by atoms with Gasteiger partial charge in [-0.15, -0.1) is 0 Å². The van der Waals surface area contributed by atoms with Crippen LogP contribution in [0.25, 0.3) is 11.3 Å². The maximum atomic E-state index is 12.5. The monoisotopic (exact) mass is 362 g/mol. The predicted octanol–water partition coefficient (Wildman–Crippen LogP) is 4.91.